The second-order valence-corrected chi connectivity index (χ2v) is 4.38. The van der Waals surface area contributed by atoms with Crippen LogP contribution in [0.2, 0.25) is 0 Å². The molecule has 94 valence electrons. The van der Waals surface area contributed by atoms with Crippen molar-refractivity contribution in [3.8, 4) is 5.75 Å². The number of ether oxygens (including phenoxy) is 1. The molecule has 1 atom stereocenters. The predicted molar refractivity (Wildman–Crippen MR) is 62.1 cm³/mol. The van der Waals surface area contributed by atoms with Crippen LogP contribution in [0.25, 0.3) is 0 Å². The van der Waals surface area contributed by atoms with E-state index in [1.807, 2.05) is 6.92 Å². The van der Waals surface area contributed by atoms with E-state index in [1.54, 1.807) is 0 Å². The maximum atomic E-state index is 13.4. The molecule has 0 aromatic heterocycles. The molecule has 17 heavy (non-hydrogen) atoms. The maximum absolute atomic E-state index is 13.4. The van der Waals surface area contributed by atoms with E-state index in [0.717, 1.165) is 12.5 Å². The van der Waals surface area contributed by atoms with Gasteiger partial charge in [0.2, 0.25) is 5.82 Å². The van der Waals surface area contributed by atoms with Crippen LogP contribution in [0.4, 0.5) is 8.78 Å². The molecule has 0 bridgehead atoms. The van der Waals surface area contributed by atoms with Crippen LogP contribution < -0.4 is 10.1 Å². The predicted octanol–water partition coefficient (Wildman–Crippen LogP) is 2.87. The molecule has 0 radical (unpaired) electrons. The Morgan fingerprint density at radius 1 is 1.41 bits per heavy atom. The molecule has 1 N–H and O–H groups in total. The van der Waals surface area contributed by atoms with Crippen LogP contribution in [0.15, 0.2) is 18.2 Å². The Kier molecular flexibility index (Phi) is 3.94. The van der Waals surface area contributed by atoms with Crippen LogP contribution in [0, 0.1) is 11.6 Å². The van der Waals surface area contributed by atoms with Crippen molar-refractivity contribution in [2.45, 2.75) is 38.3 Å². The lowest BCUT2D eigenvalue weighted by Gasteiger charge is -2.18. The minimum atomic E-state index is -0.905. The molecule has 0 amide bonds. The van der Waals surface area contributed by atoms with Gasteiger partial charge in [0, 0.05) is 12.6 Å². The lowest BCUT2D eigenvalue weighted by atomic mass is 10.2. The highest BCUT2D eigenvalue weighted by molar-refractivity contribution is 5.25. The Hall–Kier alpha value is -1.16. The second kappa shape index (κ2) is 5.45. The van der Waals surface area contributed by atoms with Crippen LogP contribution in [0.1, 0.15) is 26.2 Å². The molecular formula is C13H17F2NO. The molecule has 2 rings (SSSR count). The first kappa shape index (κ1) is 12.3. The van der Waals surface area contributed by atoms with Crippen LogP contribution in [0.5, 0.6) is 5.75 Å². The van der Waals surface area contributed by atoms with Gasteiger partial charge in [-0.25, -0.2) is 4.39 Å². The molecule has 1 aliphatic rings. The Morgan fingerprint density at radius 2 is 2.18 bits per heavy atom. The summed E-state index contributed by atoms with van der Waals surface area (Å²) in [6.07, 6.45) is 3.04. The SMILES string of the molecule is CCC(CNC1CC1)Oc1cccc(F)c1F. The summed E-state index contributed by atoms with van der Waals surface area (Å²) < 4.78 is 31.9. The lowest BCUT2D eigenvalue weighted by Crippen LogP contribution is -2.32. The molecule has 0 spiro atoms. The molecule has 0 heterocycles. The van der Waals surface area contributed by atoms with Crippen molar-refractivity contribution >= 4 is 0 Å². The third kappa shape index (κ3) is 3.40. The fraction of sp³-hybridized carbons (Fsp3) is 0.538. The fourth-order valence-corrected chi connectivity index (χ4v) is 1.61. The Morgan fingerprint density at radius 3 is 2.82 bits per heavy atom. The zero-order chi connectivity index (χ0) is 12.3. The number of halogens is 2. The first-order chi connectivity index (χ1) is 8.20. The molecule has 2 nitrogen and oxygen atoms in total. The Labute approximate surface area is 100.0 Å². The molecule has 0 aliphatic heterocycles. The highest BCUT2D eigenvalue weighted by atomic mass is 19.2. The topological polar surface area (TPSA) is 21.3 Å². The van der Waals surface area contributed by atoms with Gasteiger partial charge in [0.15, 0.2) is 11.6 Å². The second-order valence-electron chi connectivity index (χ2n) is 4.38. The number of nitrogens with one attached hydrogen (secondary N) is 1. The average molecular weight is 241 g/mol. The summed E-state index contributed by atoms with van der Waals surface area (Å²) in [7, 11) is 0. The summed E-state index contributed by atoms with van der Waals surface area (Å²) in [6.45, 7) is 2.65. The summed E-state index contributed by atoms with van der Waals surface area (Å²) in [5.74, 6) is -1.78. The highest BCUT2D eigenvalue weighted by Gasteiger charge is 2.22. The summed E-state index contributed by atoms with van der Waals surface area (Å²) in [6, 6.07) is 4.59. The number of benzene rings is 1. The largest absolute Gasteiger partial charge is 0.486 e. The molecular weight excluding hydrogens is 224 g/mol. The molecule has 0 saturated heterocycles. The van der Waals surface area contributed by atoms with Crippen LogP contribution in [-0.2, 0) is 0 Å². The molecule has 1 aromatic rings. The first-order valence-electron chi connectivity index (χ1n) is 6.04. The Bertz CT molecular complexity index is 380. The van der Waals surface area contributed by atoms with Gasteiger partial charge in [-0.2, -0.15) is 4.39 Å². The highest BCUT2D eigenvalue weighted by Crippen LogP contribution is 2.22. The molecule has 1 aliphatic carbocycles. The van der Waals surface area contributed by atoms with Crippen LogP contribution in [0.3, 0.4) is 0 Å². The van der Waals surface area contributed by atoms with Crippen molar-refractivity contribution in [3.05, 3.63) is 29.8 Å². The van der Waals surface area contributed by atoms with E-state index in [1.165, 1.54) is 25.0 Å². The number of hydrogen-bond acceptors (Lipinski definition) is 2. The van der Waals surface area contributed by atoms with E-state index in [2.05, 4.69) is 5.32 Å². The van der Waals surface area contributed by atoms with Gasteiger partial charge in [0.25, 0.3) is 0 Å². The third-order valence-corrected chi connectivity index (χ3v) is 2.88. The summed E-state index contributed by atoms with van der Waals surface area (Å²) in [5.41, 5.74) is 0. The van der Waals surface area contributed by atoms with Crippen molar-refractivity contribution in [1.82, 2.24) is 5.32 Å². The van der Waals surface area contributed by atoms with Crippen LogP contribution >= 0.6 is 0 Å². The van der Waals surface area contributed by atoms with Crippen molar-refractivity contribution in [2.24, 2.45) is 0 Å². The van der Waals surface area contributed by atoms with Crippen molar-refractivity contribution in [1.29, 1.82) is 0 Å². The van der Waals surface area contributed by atoms with Gasteiger partial charge in [-0.3, -0.25) is 0 Å². The van der Waals surface area contributed by atoms with Gasteiger partial charge < -0.3 is 10.1 Å². The molecule has 1 saturated carbocycles. The van der Waals surface area contributed by atoms with Crippen molar-refractivity contribution in [2.75, 3.05) is 6.54 Å². The first-order valence-corrected chi connectivity index (χ1v) is 6.04. The summed E-state index contributed by atoms with van der Waals surface area (Å²) in [4.78, 5) is 0. The lowest BCUT2D eigenvalue weighted by molar-refractivity contribution is 0.182. The van der Waals surface area contributed by atoms with E-state index >= 15 is 0 Å². The van der Waals surface area contributed by atoms with Crippen molar-refractivity contribution in [3.63, 3.8) is 0 Å². The number of rotatable bonds is 6. The van der Waals surface area contributed by atoms with Crippen LogP contribution in [-0.4, -0.2) is 18.7 Å². The minimum absolute atomic E-state index is 0.00514. The van der Waals surface area contributed by atoms with E-state index in [0.29, 0.717) is 12.6 Å². The Balaban J connectivity index is 1.93. The van der Waals surface area contributed by atoms with Gasteiger partial charge >= 0.3 is 0 Å². The normalized spacial score (nSPS) is 16.9. The molecule has 1 fully saturated rings. The van der Waals surface area contributed by atoms with Gasteiger partial charge in [0.1, 0.15) is 6.10 Å². The van der Waals surface area contributed by atoms with Gasteiger partial charge in [-0.05, 0) is 31.4 Å². The summed E-state index contributed by atoms with van der Waals surface area (Å²) in [5, 5.41) is 3.32. The zero-order valence-corrected chi connectivity index (χ0v) is 9.88. The van der Waals surface area contributed by atoms with E-state index < -0.39 is 11.6 Å². The standard InChI is InChI=1S/C13H17F2NO/c1-2-10(8-16-9-6-7-9)17-12-5-3-4-11(14)13(12)15/h3-5,9-10,16H,2,6-8H2,1H3. The third-order valence-electron chi connectivity index (χ3n) is 2.88. The average Bonchev–Trinajstić information content (AvgIpc) is 3.13. The van der Waals surface area contributed by atoms with E-state index in [-0.39, 0.29) is 11.9 Å². The van der Waals surface area contributed by atoms with Gasteiger partial charge in [0.05, 0.1) is 0 Å². The molecule has 4 heteroatoms. The molecule has 1 aromatic carbocycles. The van der Waals surface area contributed by atoms with E-state index in [9.17, 15) is 8.78 Å². The maximum Gasteiger partial charge on any atom is 0.200 e. The summed E-state index contributed by atoms with van der Waals surface area (Å²) >= 11 is 0. The zero-order valence-electron chi connectivity index (χ0n) is 9.88. The van der Waals surface area contributed by atoms with Gasteiger partial charge in [-0.15, -0.1) is 0 Å². The monoisotopic (exact) mass is 241 g/mol. The van der Waals surface area contributed by atoms with Crippen molar-refractivity contribution < 1.29 is 13.5 Å². The van der Waals surface area contributed by atoms with Gasteiger partial charge in [-0.1, -0.05) is 13.0 Å². The minimum Gasteiger partial charge on any atom is -0.486 e. The smallest absolute Gasteiger partial charge is 0.200 e. The fourth-order valence-electron chi connectivity index (χ4n) is 1.61. The van der Waals surface area contributed by atoms with E-state index in [4.69, 9.17) is 4.74 Å². The number of hydrogen-bond donors (Lipinski definition) is 1. The quantitative estimate of drug-likeness (QED) is 0.827. The molecule has 1 unspecified atom stereocenters.